The predicted octanol–water partition coefficient (Wildman–Crippen LogP) is 1.04. The lowest BCUT2D eigenvalue weighted by Gasteiger charge is -2.07. The minimum Gasteiger partial charge on any atom is -0.354 e. The summed E-state index contributed by atoms with van der Waals surface area (Å²) in [5.74, 6) is 1.23. The molecule has 1 aromatic rings. The molecule has 5 nitrogen and oxygen atoms in total. The van der Waals surface area contributed by atoms with Gasteiger partial charge in [0.2, 0.25) is 5.91 Å². The number of carbonyl (C=O) groups excluding carboxylic acids is 1. The van der Waals surface area contributed by atoms with E-state index in [1.165, 1.54) is 30.4 Å². The molecule has 0 saturated heterocycles. The molecule has 1 N–H and O–H groups in total. The van der Waals surface area contributed by atoms with Crippen LogP contribution in [0.4, 0.5) is 0 Å². The third-order valence-corrected chi connectivity index (χ3v) is 3.70. The fourth-order valence-electron chi connectivity index (χ4n) is 2.18. The van der Waals surface area contributed by atoms with Crippen molar-refractivity contribution >= 4 is 5.91 Å². The van der Waals surface area contributed by atoms with Crippen molar-refractivity contribution in [2.75, 3.05) is 6.54 Å². The highest BCUT2D eigenvalue weighted by Gasteiger charge is 2.26. The molecule has 2 saturated carbocycles. The lowest BCUT2D eigenvalue weighted by Crippen LogP contribution is -2.32. The number of carbonyl (C=O) groups is 1. The molecule has 0 aliphatic heterocycles. The molecule has 102 valence electrons. The van der Waals surface area contributed by atoms with E-state index in [0.29, 0.717) is 31.3 Å². The molecular formula is C14H19N3O2. The van der Waals surface area contributed by atoms with Gasteiger partial charge in [-0.3, -0.25) is 9.59 Å². The molecule has 0 bridgehead atoms. The van der Waals surface area contributed by atoms with Crippen LogP contribution < -0.4 is 10.9 Å². The number of nitrogens with zero attached hydrogens (tertiary/aromatic N) is 2. The smallest absolute Gasteiger partial charge is 0.266 e. The van der Waals surface area contributed by atoms with Crippen molar-refractivity contribution in [3.05, 3.63) is 28.2 Å². The highest BCUT2D eigenvalue weighted by atomic mass is 16.1. The quantitative estimate of drug-likeness (QED) is 0.832. The monoisotopic (exact) mass is 261 g/mol. The number of amides is 1. The molecule has 0 radical (unpaired) electrons. The molecular weight excluding hydrogens is 242 g/mol. The van der Waals surface area contributed by atoms with Gasteiger partial charge in [-0.15, -0.1) is 0 Å². The van der Waals surface area contributed by atoms with E-state index >= 15 is 0 Å². The van der Waals surface area contributed by atoms with Crippen LogP contribution >= 0.6 is 0 Å². The summed E-state index contributed by atoms with van der Waals surface area (Å²) in [4.78, 5) is 23.2. The van der Waals surface area contributed by atoms with E-state index < -0.39 is 0 Å². The highest BCUT2D eigenvalue weighted by molar-refractivity contribution is 5.76. The van der Waals surface area contributed by atoms with Gasteiger partial charge in [0.05, 0.1) is 12.2 Å². The Bertz CT molecular complexity index is 530. The van der Waals surface area contributed by atoms with Crippen molar-refractivity contribution in [3.8, 4) is 0 Å². The van der Waals surface area contributed by atoms with Gasteiger partial charge in [-0.1, -0.05) is 0 Å². The lowest BCUT2D eigenvalue weighted by atomic mass is 10.3. The van der Waals surface area contributed by atoms with Gasteiger partial charge >= 0.3 is 0 Å². The lowest BCUT2D eigenvalue weighted by molar-refractivity contribution is -0.121. The Balaban J connectivity index is 1.52. The largest absolute Gasteiger partial charge is 0.354 e. The maximum Gasteiger partial charge on any atom is 0.266 e. The van der Waals surface area contributed by atoms with Gasteiger partial charge in [0.1, 0.15) is 0 Å². The molecule has 19 heavy (non-hydrogen) atoms. The van der Waals surface area contributed by atoms with E-state index in [4.69, 9.17) is 0 Å². The molecule has 1 amide bonds. The first kappa shape index (κ1) is 12.4. The number of rotatable bonds is 6. The first-order valence-corrected chi connectivity index (χ1v) is 7.07. The Morgan fingerprint density at radius 3 is 2.79 bits per heavy atom. The van der Waals surface area contributed by atoms with Crippen LogP contribution in [0.5, 0.6) is 0 Å². The van der Waals surface area contributed by atoms with Gasteiger partial charge in [-0.05, 0) is 37.7 Å². The average molecular weight is 261 g/mol. The zero-order valence-electron chi connectivity index (χ0n) is 11.0. The normalized spacial score (nSPS) is 18.3. The van der Waals surface area contributed by atoms with E-state index in [1.54, 1.807) is 6.07 Å². The van der Waals surface area contributed by atoms with Crippen LogP contribution in [0.3, 0.4) is 0 Å². The minimum atomic E-state index is -0.0964. The van der Waals surface area contributed by atoms with Crippen molar-refractivity contribution in [1.29, 1.82) is 0 Å². The molecule has 2 fully saturated rings. The van der Waals surface area contributed by atoms with Gasteiger partial charge in [0, 0.05) is 24.9 Å². The molecule has 0 unspecified atom stereocenters. The third-order valence-electron chi connectivity index (χ3n) is 3.70. The summed E-state index contributed by atoms with van der Waals surface area (Å²) in [6.45, 7) is 0.933. The standard InChI is InChI=1S/C14H19N3O2/c18-13(9-10-1-2-10)15-7-8-17-14(19)6-5-12(16-17)11-3-4-11/h5-6,10-11H,1-4,7-9H2,(H,15,18). The molecule has 1 heterocycles. The molecule has 0 atom stereocenters. The third kappa shape index (κ3) is 3.43. The van der Waals surface area contributed by atoms with Crippen molar-refractivity contribution in [2.45, 2.75) is 44.6 Å². The molecule has 0 aromatic carbocycles. The van der Waals surface area contributed by atoms with E-state index in [9.17, 15) is 9.59 Å². The molecule has 3 rings (SSSR count). The highest BCUT2D eigenvalue weighted by Crippen LogP contribution is 2.38. The summed E-state index contributed by atoms with van der Waals surface area (Å²) < 4.78 is 1.46. The molecule has 1 aromatic heterocycles. The van der Waals surface area contributed by atoms with Crippen LogP contribution in [0.15, 0.2) is 16.9 Å². The van der Waals surface area contributed by atoms with Crippen LogP contribution in [-0.2, 0) is 11.3 Å². The zero-order valence-corrected chi connectivity index (χ0v) is 11.0. The van der Waals surface area contributed by atoms with Gasteiger partial charge in [0.15, 0.2) is 0 Å². The molecule has 0 spiro atoms. The van der Waals surface area contributed by atoms with E-state index in [0.717, 1.165) is 5.69 Å². The van der Waals surface area contributed by atoms with Gasteiger partial charge < -0.3 is 5.32 Å². The maximum absolute atomic E-state index is 11.7. The van der Waals surface area contributed by atoms with Gasteiger partial charge in [0.25, 0.3) is 5.56 Å². The van der Waals surface area contributed by atoms with Crippen LogP contribution in [0, 0.1) is 5.92 Å². The maximum atomic E-state index is 11.7. The summed E-state index contributed by atoms with van der Waals surface area (Å²) in [5.41, 5.74) is 0.907. The van der Waals surface area contributed by atoms with Crippen molar-refractivity contribution < 1.29 is 4.79 Å². The number of hydrogen-bond donors (Lipinski definition) is 1. The summed E-state index contributed by atoms with van der Waals surface area (Å²) >= 11 is 0. The predicted molar refractivity (Wildman–Crippen MR) is 70.8 cm³/mol. The first-order valence-electron chi connectivity index (χ1n) is 7.07. The molecule has 2 aliphatic carbocycles. The van der Waals surface area contributed by atoms with Gasteiger partial charge in [-0.25, -0.2) is 4.68 Å². The fraction of sp³-hybridized carbons (Fsp3) is 0.643. The van der Waals surface area contributed by atoms with Crippen molar-refractivity contribution in [2.24, 2.45) is 5.92 Å². The van der Waals surface area contributed by atoms with E-state index in [2.05, 4.69) is 10.4 Å². The summed E-state index contributed by atoms with van der Waals surface area (Å²) in [7, 11) is 0. The van der Waals surface area contributed by atoms with Gasteiger partial charge in [-0.2, -0.15) is 5.10 Å². The summed E-state index contributed by atoms with van der Waals surface area (Å²) in [5, 5.41) is 7.21. The van der Waals surface area contributed by atoms with Crippen LogP contribution in [-0.4, -0.2) is 22.2 Å². The topological polar surface area (TPSA) is 64.0 Å². The molecule has 2 aliphatic rings. The van der Waals surface area contributed by atoms with Crippen molar-refractivity contribution in [1.82, 2.24) is 15.1 Å². The van der Waals surface area contributed by atoms with Crippen LogP contribution in [0.25, 0.3) is 0 Å². The summed E-state index contributed by atoms with van der Waals surface area (Å²) in [6, 6.07) is 3.40. The minimum absolute atomic E-state index is 0.0916. The van der Waals surface area contributed by atoms with E-state index in [1.807, 2.05) is 6.07 Å². The summed E-state index contributed by atoms with van der Waals surface area (Å²) in [6.07, 6.45) is 5.33. The van der Waals surface area contributed by atoms with Crippen LogP contribution in [0.1, 0.15) is 43.7 Å². The average Bonchev–Trinajstić information content (AvgIpc) is 3.24. The SMILES string of the molecule is O=C(CC1CC1)NCCn1nc(C2CC2)ccc1=O. The zero-order chi connectivity index (χ0) is 13.2. The Morgan fingerprint density at radius 2 is 2.11 bits per heavy atom. The van der Waals surface area contributed by atoms with Crippen LogP contribution in [0.2, 0.25) is 0 Å². The Kier molecular flexibility index (Phi) is 3.36. The second-order valence-electron chi connectivity index (χ2n) is 5.59. The fourth-order valence-corrected chi connectivity index (χ4v) is 2.18. The number of aromatic nitrogens is 2. The first-order chi connectivity index (χ1) is 9.22. The Hall–Kier alpha value is -1.65. The van der Waals surface area contributed by atoms with Crippen molar-refractivity contribution in [3.63, 3.8) is 0 Å². The number of nitrogens with one attached hydrogen (secondary N) is 1. The second-order valence-corrected chi connectivity index (χ2v) is 5.59. The second kappa shape index (κ2) is 5.15. The van der Waals surface area contributed by atoms with E-state index in [-0.39, 0.29) is 11.5 Å². The molecule has 5 heteroatoms. The Labute approximate surface area is 112 Å². The number of hydrogen-bond acceptors (Lipinski definition) is 3. The Morgan fingerprint density at radius 1 is 1.32 bits per heavy atom.